The van der Waals surface area contributed by atoms with E-state index in [0.29, 0.717) is 0 Å². The highest BCUT2D eigenvalue weighted by Gasteiger charge is 2.34. The van der Waals surface area contributed by atoms with Gasteiger partial charge in [-0.3, -0.25) is 4.90 Å². The van der Waals surface area contributed by atoms with Crippen LogP contribution in [0.1, 0.15) is 5.56 Å². The van der Waals surface area contributed by atoms with Crippen molar-refractivity contribution in [1.82, 2.24) is 5.32 Å². The number of halogens is 2. The van der Waals surface area contributed by atoms with Gasteiger partial charge in [0.15, 0.2) is 5.66 Å². The largest absolute Gasteiger partial charge is 0.356 e. The molecule has 0 spiro atoms. The highest BCUT2D eigenvalue weighted by Crippen LogP contribution is 2.36. The lowest BCUT2D eigenvalue weighted by Crippen LogP contribution is -2.51. The van der Waals surface area contributed by atoms with E-state index >= 15 is 0 Å². The molecule has 1 unspecified atom stereocenters. The normalized spacial score (nSPS) is 16.9. The van der Waals surface area contributed by atoms with Crippen LogP contribution in [0.2, 0.25) is 0 Å². The van der Waals surface area contributed by atoms with E-state index in [4.69, 9.17) is 0 Å². The molecule has 168 valence electrons. The Labute approximate surface area is 217 Å². The molecule has 0 saturated heterocycles. The number of dihydropyridines is 1. The van der Waals surface area contributed by atoms with Crippen molar-refractivity contribution in [3.05, 3.63) is 148 Å². The summed E-state index contributed by atoms with van der Waals surface area (Å²) in [5.74, 6) is 0.954. The predicted octanol–water partition coefficient (Wildman–Crippen LogP) is 8.32. The smallest absolute Gasteiger partial charge is 0.155 e. The summed E-state index contributed by atoms with van der Waals surface area (Å²) in [5.41, 5.74) is 3.58. The maximum atomic E-state index is 3.83. The quantitative estimate of drug-likeness (QED) is 0.243. The van der Waals surface area contributed by atoms with Crippen LogP contribution in [0.3, 0.4) is 0 Å². The summed E-state index contributed by atoms with van der Waals surface area (Å²) in [7, 11) is 0. The molecule has 0 fully saturated rings. The Morgan fingerprint density at radius 2 is 1.32 bits per heavy atom. The zero-order chi connectivity index (χ0) is 23.4. The molecular weight excluding hydrogens is 550 g/mol. The van der Waals surface area contributed by atoms with Crippen LogP contribution in [0.5, 0.6) is 0 Å². The first-order chi connectivity index (χ1) is 16.6. The number of benzene rings is 4. The number of hydrogen-bond acceptors (Lipinski definition) is 3. The number of hydrogen-bond donors (Lipinski definition) is 2. The Balaban J connectivity index is 1.61. The number of anilines is 3. The van der Waals surface area contributed by atoms with Crippen LogP contribution >= 0.6 is 31.9 Å². The zero-order valence-electron chi connectivity index (χ0n) is 18.3. The summed E-state index contributed by atoms with van der Waals surface area (Å²) in [5, 5.41) is 7.57. The van der Waals surface area contributed by atoms with Gasteiger partial charge in [0.05, 0.1) is 0 Å². The zero-order valence-corrected chi connectivity index (χ0v) is 21.5. The van der Waals surface area contributed by atoms with E-state index < -0.39 is 5.66 Å². The monoisotopic (exact) mass is 571 g/mol. The molecule has 0 aromatic heterocycles. The van der Waals surface area contributed by atoms with Gasteiger partial charge in [0.1, 0.15) is 5.82 Å². The van der Waals surface area contributed by atoms with Gasteiger partial charge >= 0.3 is 0 Å². The van der Waals surface area contributed by atoms with Crippen molar-refractivity contribution in [1.29, 1.82) is 0 Å². The Bertz CT molecular complexity index is 1340. The number of allylic oxidation sites excluding steroid dienone is 2. The second-order valence-corrected chi connectivity index (χ2v) is 9.83. The SMILES string of the molecule is Brc1cccc(N(C2=CC=CC(Nc3ccccc3)(c3cccc(Br)c3)N2)c2ccccc2)c1. The number of nitrogens with one attached hydrogen (secondary N) is 2. The predicted molar refractivity (Wildman–Crippen MR) is 149 cm³/mol. The summed E-state index contributed by atoms with van der Waals surface area (Å²) in [6.07, 6.45) is 6.38. The van der Waals surface area contributed by atoms with Gasteiger partial charge in [0.25, 0.3) is 0 Å². The van der Waals surface area contributed by atoms with Gasteiger partial charge in [0, 0.05) is 31.6 Å². The average Bonchev–Trinajstić information content (AvgIpc) is 2.86. The van der Waals surface area contributed by atoms with E-state index in [1.165, 1.54) is 0 Å². The lowest BCUT2D eigenvalue weighted by molar-refractivity contribution is 0.512. The molecule has 0 aliphatic carbocycles. The van der Waals surface area contributed by atoms with Gasteiger partial charge in [0.2, 0.25) is 0 Å². The molecule has 1 atom stereocenters. The van der Waals surface area contributed by atoms with Gasteiger partial charge in [-0.2, -0.15) is 0 Å². The van der Waals surface area contributed by atoms with Crippen molar-refractivity contribution in [2.24, 2.45) is 0 Å². The lowest BCUT2D eigenvalue weighted by atomic mass is 9.95. The maximum absolute atomic E-state index is 3.83. The fourth-order valence-electron chi connectivity index (χ4n) is 4.12. The molecule has 4 aromatic carbocycles. The Morgan fingerprint density at radius 1 is 0.676 bits per heavy atom. The molecular formula is C29H23Br2N3. The van der Waals surface area contributed by atoms with E-state index in [9.17, 15) is 0 Å². The van der Waals surface area contributed by atoms with Gasteiger partial charge in [-0.25, -0.2) is 0 Å². The van der Waals surface area contributed by atoms with Crippen molar-refractivity contribution in [3.63, 3.8) is 0 Å². The molecule has 0 amide bonds. The fraction of sp³-hybridized carbons (Fsp3) is 0.0345. The van der Waals surface area contributed by atoms with E-state index in [2.05, 4.69) is 138 Å². The second-order valence-electron chi connectivity index (χ2n) is 8.00. The minimum absolute atomic E-state index is 0.658. The van der Waals surface area contributed by atoms with Gasteiger partial charge in [-0.1, -0.05) is 92.5 Å². The van der Waals surface area contributed by atoms with Crippen LogP contribution in [-0.2, 0) is 5.66 Å². The van der Waals surface area contributed by atoms with Crippen molar-refractivity contribution >= 4 is 48.9 Å². The van der Waals surface area contributed by atoms with Crippen LogP contribution in [0.4, 0.5) is 17.1 Å². The van der Waals surface area contributed by atoms with Crippen molar-refractivity contribution in [2.75, 3.05) is 10.2 Å². The standard InChI is InChI=1S/C29H23Br2N3/c30-23-11-7-10-22(20-23)29(32-25-13-3-1-4-14-25)19-9-18-28(33-29)34(26-15-5-2-6-16-26)27-17-8-12-24(31)21-27/h1-21,32-33H. The molecule has 1 heterocycles. The van der Waals surface area contributed by atoms with Crippen LogP contribution in [-0.4, -0.2) is 0 Å². The van der Waals surface area contributed by atoms with Crippen LogP contribution in [0, 0.1) is 0 Å². The summed E-state index contributed by atoms with van der Waals surface area (Å²) < 4.78 is 2.05. The first-order valence-electron chi connectivity index (χ1n) is 11.0. The topological polar surface area (TPSA) is 27.3 Å². The summed E-state index contributed by atoms with van der Waals surface area (Å²) in [4.78, 5) is 2.23. The minimum Gasteiger partial charge on any atom is -0.356 e. The van der Waals surface area contributed by atoms with Gasteiger partial charge < -0.3 is 10.6 Å². The lowest BCUT2D eigenvalue weighted by Gasteiger charge is -2.41. The molecule has 1 aliphatic heterocycles. The minimum atomic E-state index is -0.658. The first-order valence-corrected chi connectivity index (χ1v) is 12.6. The highest BCUT2D eigenvalue weighted by molar-refractivity contribution is 9.10. The summed E-state index contributed by atoms with van der Waals surface area (Å²) in [6, 6.07) is 37.4. The van der Waals surface area contributed by atoms with Crippen LogP contribution in [0.25, 0.3) is 0 Å². The Hall–Kier alpha value is -3.28. The van der Waals surface area contributed by atoms with E-state index in [1.807, 2.05) is 36.4 Å². The van der Waals surface area contributed by atoms with Crippen LogP contribution in [0.15, 0.2) is 142 Å². The molecule has 4 aromatic rings. The second kappa shape index (κ2) is 9.92. The van der Waals surface area contributed by atoms with Crippen LogP contribution < -0.4 is 15.5 Å². The highest BCUT2D eigenvalue weighted by atomic mass is 79.9. The molecule has 34 heavy (non-hydrogen) atoms. The third-order valence-corrected chi connectivity index (χ3v) is 6.63. The average molecular weight is 573 g/mol. The maximum Gasteiger partial charge on any atom is 0.155 e. The molecule has 1 aliphatic rings. The number of para-hydroxylation sites is 2. The third-order valence-electron chi connectivity index (χ3n) is 5.64. The van der Waals surface area contributed by atoms with Gasteiger partial charge in [-0.05, 0) is 66.7 Å². The summed E-state index contributed by atoms with van der Waals surface area (Å²) >= 11 is 7.29. The third kappa shape index (κ3) is 4.81. The Morgan fingerprint density at radius 3 is 2.03 bits per heavy atom. The summed E-state index contributed by atoms with van der Waals surface area (Å²) in [6.45, 7) is 0. The van der Waals surface area contributed by atoms with E-state index in [0.717, 1.165) is 37.4 Å². The molecule has 2 N–H and O–H groups in total. The number of nitrogens with zero attached hydrogens (tertiary/aromatic N) is 1. The molecule has 5 rings (SSSR count). The molecule has 5 heteroatoms. The van der Waals surface area contributed by atoms with E-state index in [-0.39, 0.29) is 0 Å². The molecule has 0 saturated carbocycles. The molecule has 3 nitrogen and oxygen atoms in total. The molecule has 0 bridgehead atoms. The van der Waals surface area contributed by atoms with Crippen molar-refractivity contribution < 1.29 is 0 Å². The van der Waals surface area contributed by atoms with Crippen molar-refractivity contribution in [3.8, 4) is 0 Å². The number of rotatable bonds is 6. The molecule has 0 radical (unpaired) electrons. The van der Waals surface area contributed by atoms with Crippen molar-refractivity contribution in [2.45, 2.75) is 5.66 Å². The fourth-order valence-corrected chi connectivity index (χ4v) is 4.90. The van der Waals surface area contributed by atoms with E-state index in [1.54, 1.807) is 0 Å². The first kappa shape index (κ1) is 22.5. The Kier molecular flexibility index (Phi) is 6.57. The van der Waals surface area contributed by atoms with Gasteiger partial charge in [-0.15, -0.1) is 0 Å².